The molecule has 43 heavy (non-hydrogen) atoms. The Balaban J connectivity index is 1.19. The van der Waals surface area contributed by atoms with E-state index in [0.717, 1.165) is 66.2 Å². The van der Waals surface area contributed by atoms with E-state index in [1.165, 1.54) is 12.1 Å². The summed E-state index contributed by atoms with van der Waals surface area (Å²) in [5.74, 6) is -1.13. The number of fused-ring (bicyclic) bond motifs is 1. The number of carboxylic acids is 1. The van der Waals surface area contributed by atoms with Crippen LogP contribution in [0.2, 0.25) is 0 Å². The minimum atomic E-state index is -4.17. The fourth-order valence-corrected chi connectivity index (χ4v) is 6.01. The third-order valence-corrected chi connectivity index (χ3v) is 8.57. The van der Waals surface area contributed by atoms with Crippen LogP contribution in [0.3, 0.4) is 0 Å². The van der Waals surface area contributed by atoms with Crippen molar-refractivity contribution in [3.05, 3.63) is 84.1 Å². The van der Waals surface area contributed by atoms with Crippen LogP contribution in [0.5, 0.6) is 0 Å². The predicted molar refractivity (Wildman–Crippen MR) is 163 cm³/mol. The Hall–Kier alpha value is -4.75. The topological polar surface area (TPSA) is 167 Å². The summed E-state index contributed by atoms with van der Waals surface area (Å²) < 4.78 is 29.8. The van der Waals surface area contributed by atoms with Crippen molar-refractivity contribution in [3.63, 3.8) is 0 Å². The molecular formula is C30H33N7O5S. The number of carbonyl (C=O) groups is 2. The highest BCUT2D eigenvalue weighted by Gasteiger charge is 2.26. The molecule has 4 aromatic rings. The van der Waals surface area contributed by atoms with Crippen LogP contribution >= 0.6 is 0 Å². The summed E-state index contributed by atoms with van der Waals surface area (Å²) in [6.07, 6.45) is 1.58. The molecule has 1 aliphatic rings. The van der Waals surface area contributed by atoms with Gasteiger partial charge in [0, 0.05) is 37.6 Å². The van der Waals surface area contributed by atoms with Crippen LogP contribution in [0.4, 0.5) is 0 Å². The van der Waals surface area contributed by atoms with Gasteiger partial charge in [-0.3, -0.25) is 19.3 Å². The first-order valence-corrected chi connectivity index (χ1v) is 15.4. The monoisotopic (exact) mass is 603 g/mol. The highest BCUT2D eigenvalue weighted by molar-refractivity contribution is 7.89. The van der Waals surface area contributed by atoms with Gasteiger partial charge in [0.25, 0.3) is 5.91 Å². The summed E-state index contributed by atoms with van der Waals surface area (Å²) in [5.41, 5.74) is 3.71. The number of aryl methyl sites for hydroxylation is 2. The zero-order valence-corrected chi connectivity index (χ0v) is 24.4. The normalized spacial score (nSPS) is 13.7. The predicted octanol–water partition coefficient (Wildman–Crippen LogP) is 1.88. The van der Waals surface area contributed by atoms with E-state index in [4.69, 9.17) is 0 Å². The van der Waals surface area contributed by atoms with E-state index in [1.54, 1.807) is 36.0 Å². The number of carbonyl (C=O) groups excluding carboxylic acids is 1. The molecule has 1 aliphatic heterocycles. The van der Waals surface area contributed by atoms with Gasteiger partial charge >= 0.3 is 5.97 Å². The number of nitrogens with zero attached hydrogens (tertiary/aromatic N) is 3. The molecule has 3 aromatic carbocycles. The number of amides is 1. The summed E-state index contributed by atoms with van der Waals surface area (Å²) in [6, 6.07) is 19.2. The average Bonchev–Trinajstić information content (AvgIpc) is 3.65. The maximum Gasteiger partial charge on any atom is 0.323 e. The van der Waals surface area contributed by atoms with Gasteiger partial charge in [0.15, 0.2) is 5.96 Å². The molecule has 2 heterocycles. The molecule has 0 bridgehead atoms. The summed E-state index contributed by atoms with van der Waals surface area (Å²) in [5, 5.41) is 24.2. The minimum absolute atomic E-state index is 0.0815. The number of nitrogens with one attached hydrogen (secondary N) is 4. The first-order valence-electron chi connectivity index (χ1n) is 13.9. The van der Waals surface area contributed by atoms with E-state index in [2.05, 4.69) is 30.8 Å². The molecule has 0 saturated heterocycles. The Kier molecular flexibility index (Phi) is 9.02. The molecule has 0 radical (unpaired) electrons. The second-order valence-corrected chi connectivity index (χ2v) is 11.8. The van der Waals surface area contributed by atoms with E-state index < -0.39 is 34.5 Å². The molecule has 0 spiro atoms. The molecular weight excluding hydrogens is 570 g/mol. The zero-order valence-electron chi connectivity index (χ0n) is 23.6. The van der Waals surface area contributed by atoms with E-state index >= 15 is 0 Å². The highest BCUT2D eigenvalue weighted by atomic mass is 32.2. The lowest BCUT2D eigenvalue weighted by Crippen LogP contribution is -2.48. The third-order valence-electron chi connectivity index (χ3n) is 7.08. The Labute approximate surface area is 249 Å². The van der Waals surface area contributed by atoms with Crippen LogP contribution in [0, 0.1) is 0 Å². The van der Waals surface area contributed by atoms with Gasteiger partial charge in [-0.2, -0.15) is 9.82 Å². The lowest BCUT2D eigenvalue weighted by molar-refractivity contribution is -0.138. The van der Waals surface area contributed by atoms with E-state index in [1.807, 2.05) is 36.4 Å². The van der Waals surface area contributed by atoms with E-state index in [-0.39, 0.29) is 4.90 Å². The number of benzene rings is 3. The molecule has 0 saturated carbocycles. The van der Waals surface area contributed by atoms with Crippen LogP contribution in [0.25, 0.3) is 22.0 Å². The number of sulfonamides is 1. The average molecular weight is 604 g/mol. The largest absolute Gasteiger partial charge is 0.480 e. The second kappa shape index (κ2) is 13.0. The summed E-state index contributed by atoms with van der Waals surface area (Å²) in [4.78, 5) is 29.1. The van der Waals surface area contributed by atoms with Crippen molar-refractivity contribution >= 4 is 38.8 Å². The lowest BCUT2D eigenvalue weighted by Gasteiger charge is -2.16. The Bertz CT molecular complexity index is 1750. The fraction of sp³-hybridized carbons (Fsp3) is 0.267. The van der Waals surface area contributed by atoms with Crippen LogP contribution in [-0.4, -0.2) is 73.4 Å². The van der Waals surface area contributed by atoms with Gasteiger partial charge < -0.3 is 21.1 Å². The number of guanidine groups is 1. The highest BCUT2D eigenvalue weighted by Crippen LogP contribution is 2.22. The number of aliphatic carboxylic acids is 1. The lowest BCUT2D eigenvalue weighted by atomic mass is 10.1. The van der Waals surface area contributed by atoms with Crippen molar-refractivity contribution in [1.29, 1.82) is 0 Å². The quantitative estimate of drug-likeness (QED) is 0.153. The Morgan fingerprint density at radius 2 is 1.79 bits per heavy atom. The smallest absolute Gasteiger partial charge is 0.323 e. The number of carboxylic acid groups (broad SMARTS) is 1. The minimum Gasteiger partial charge on any atom is -0.480 e. The number of rotatable bonds is 12. The molecule has 224 valence electrons. The van der Waals surface area contributed by atoms with Gasteiger partial charge in [0.05, 0.1) is 22.7 Å². The fourth-order valence-electron chi connectivity index (χ4n) is 4.83. The molecule has 0 fully saturated rings. The van der Waals surface area contributed by atoms with Crippen LogP contribution in [0.15, 0.2) is 82.7 Å². The van der Waals surface area contributed by atoms with Gasteiger partial charge in [-0.15, -0.1) is 0 Å². The van der Waals surface area contributed by atoms with Crippen molar-refractivity contribution < 1.29 is 23.1 Å². The molecule has 1 aromatic heterocycles. The van der Waals surface area contributed by atoms with E-state index in [9.17, 15) is 23.1 Å². The van der Waals surface area contributed by atoms with E-state index in [0.29, 0.717) is 5.56 Å². The van der Waals surface area contributed by atoms with Crippen LogP contribution < -0.4 is 20.7 Å². The maximum absolute atomic E-state index is 12.9. The SMILES string of the molecule is Cn1nc(CCCNC2=NCCN2)c2ccc(C(=O)NCC(NS(=O)(=O)c3ccc(-c4ccccc4)cc3)C(=O)O)cc21. The standard InChI is InChI=1S/C30H33N7O5S/c1-37-27-18-22(11-14-24(27)25(35-37)8-5-15-31-30-32-16-17-33-30)28(38)34-19-26(29(39)40)36-43(41,42)23-12-9-21(10-13-23)20-6-3-2-4-7-20/h2-4,6-7,9-14,18,26,36H,5,8,15-17,19H2,1H3,(H,34,38)(H,39,40)(H2,31,32,33). The number of aromatic nitrogens is 2. The second-order valence-electron chi connectivity index (χ2n) is 10.1. The zero-order chi connectivity index (χ0) is 30.4. The van der Waals surface area contributed by atoms with Gasteiger partial charge in [0.1, 0.15) is 6.04 Å². The van der Waals surface area contributed by atoms with Crippen molar-refractivity contribution in [2.75, 3.05) is 26.2 Å². The molecule has 5 N–H and O–H groups in total. The first-order chi connectivity index (χ1) is 20.7. The molecule has 12 nitrogen and oxygen atoms in total. The van der Waals surface area contributed by atoms with Crippen molar-refractivity contribution in [2.45, 2.75) is 23.8 Å². The first kappa shape index (κ1) is 29.7. The Morgan fingerprint density at radius 3 is 2.49 bits per heavy atom. The molecule has 1 atom stereocenters. The van der Waals surface area contributed by atoms with Crippen molar-refractivity contribution in [2.24, 2.45) is 12.0 Å². The number of hydrogen-bond donors (Lipinski definition) is 5. The summed E-state index contributed by atoms with van der Waals surface area (Å²) >= 11 is 0. The molecule has 13 heteroatoms. The van der Waals surface area contributed by atoms with Gasteiger partial charge in [-0.05, 0) is 48.2 Å². The molecule has 0 aliphatic carbocycles. The third kappa shape index (κ3) is 7.19. The molecule has 1 unspecified atom stereocenters. The van der Waals surface area contributed by atoms with Crippen LogP contribution in [-0.2, 0) is 28.3 Å². The molecule has 5 rings (SSSR count). The Morgan fingerprint density at radius 1 is 1.05 bits per heavy atom. The summed E-state index contributed by atoms with van der Waals surface area (Å²) in [6.45, 7) is 1.93. The van der Waals surface area contributed by atoms with Crippen LogP contribution in [0.1, 0.15) is 22.5 Å². The number of hydrogen-bond acceptors (Lipinski definition) is 8. The van der Waals surface area contributed by atoms with Crippen molar-refractivity contribution in [3.8, 4) is 11.1 Å². The van der Waals surface area contributed by atoms with Gasteiger partial charge in [-0.1, -0.05) is 48.5 Å². The summed E-state index contributed by atoms with van der Waals surface area (Å²) in [7, 11) is -2.37. The maximum atomic E-state index is 12.9. The number of aliphatic imine (C=N–C) groups is 1. The van der Waals surface area contributed by atoms with Crippen molar-refractivity contribution in [1.82, 2.24) is 30.5 Å². The molecule has 1 amide bonds. The van der Waals surface area contributed by atoms with Gasteiger partial charge in [-0.25, -0.2) is 8.42 Å². The van der Waals surface area contributed by atoms with Gasteiger partial charge in [0.2, 0.25) is 10.0 Å².